The van der Waals surface area contributed by atoms with Gasteiger partial charge in [0.1, 0.15) is 15.7 Å². The zero-order valence-corrected chi connectivity index (χ0v) is 11.1. The van der Waals surface area contributed by atoms with Crippen LogP contribution in [0.1, 0.15) is 24.3 Å². The maximum absolute atomic E-state index is 12.9. The molecule has 0 radical (unpaired) electrons. The summed E-state index contributed by atoms with van der Waals surface area (Å²) in [5.41, 5.74) is 0.686. The molecule has 1 saturated heterocycles. The van der Waals surface area contributed by atoms with E-state index in [-0.39, 0.29) is 30.3 Å². The van der Waals surface area contributed by atoms with Crippen LogP contribution in [-0.4, -0.2) is 31.0 Å². The molecule has 1 fully saturated rings. The Morgan fingerprint density at radius 1 is 1.16 bits per heavy atom. The summed E-state index contributed by atoms with van der Waals surface area (Å²) in [7, 11) is -3.17. The Kier molecular flexibility index (Phi) is 3.89. The number of hydrogen-bond acceptors (Lipinski definition) is 3. The van der Waals surface area contributed by atoms with Gasteiger partial charge in [0.05, 0.1) is 17.4 Å². The summed E-state index contributed by atoms with van der Waals surface area (Å²) in [6.45, 7) is 0. The van der Waals surface area contributed by atoms with Gasteiger partial charge in [-0.3, -0.25) is 4.79 Å². The first-order valence-corrected chi connectivity index (χ1v) is 7.90. The molecule has 0 amide bonds. The zero-order valence-electron chi connectivity index (χ0n) is 10.3. The van der Waals surface area contributed by atoms with E-state index in [1.807, 2.05) is 0 Å². The molecule has 104 valence electrons. The van der Waals surface area contributed by atoms with Crippen LogP contribution in [0.3, 0.4) is 0 Å². The van der Waals surface area contributed by atoms with Crippen molar-refractivity contribution in [2.75, 3.05) is 11.5 Å². The summed E-state index contributed by atoms with van der Waals surface area (Å²) >= 11 is 0. The van der Waals surface area contributed by atoms with Crippen molar-refractivity contribution in [2.45, 2.75) is 18.8 Å². The minimum absolute atomic E-state index is 0.0151. The van der Waals surface area contributed by atoms with Gasteiger partial charge in [-0.15, -0.1) is 0 Å². The van der Waals surface area contributed by atoms with Gasteiger partial charge in [-0.25, -0.2) is 12.8 Å². The van der Waals surface area contributed by atoms with Crippen molar-refractivity contribution in [3.8, 4) is 0 Å². The summed E-state index contributed by atoms with van der Waals surface area (Å²) in [5.74, 6) is -2.61. The second-order valence-electron chi connectivity index (χ2n) is 4.83. The van der Waals surface area contributed by atoms with Gasteiger partial charge in [0, 0.05) is 0 Å². The number of carbonyl (C=O) groups is 1. The topological polar surface area (TPSA) is 71.4 Å². The summed E-state index contributed by atoms with van der Waals surface area (Å²) in [6.07, 6.45) is 0.380. The molecular weight excluding hydrogens is 271 g/mol. The Morgan fingerprint density at radius 2 is 1.74 bits per heavy atom. The van der Waals surface area contributed by atoms with Crippen molar-refractivity contribution >= 4 is 15.8 Å². The van der Waals surface area contributed by atoms with E-state index < -0.39 is 27.5 Å². The standard InChI is InChI=1S/C13H15FO4S/c14-10-3-1-9(2-4-10)11-5-7-19(17,18)8-6-12(11)13(15)16/h1-4,11-12H,5-8H2,(H,15,16). The third kappa shape index (κ3) is 3.32. The molecule has 1 N–H and O–H groups in total. The van der Waals surface area contributed by atoms with Gasteiger partial charge in [-0.1, -0.05) is 12.1 Å². The highest BCUT2D eigenvalue weighted by Gasteiger charge is 2.34. The van der Waals surface area contributed by atoms with Crippen LogP contribution in [0, 0.1) is 11.7 Å². The van der Waals surface area contributed by atoms with Crippen molar-refractivity contribution < 1.29 is 22.7 Å². The highest BCUT2D eigenvalue weighted by atomic mass is 32.2. The van der Waals surface area contributed by atoms with Gasteiger partial charge in [-0.05, 0) is 36.5 Å². The molecule has 1 aromatic rings. The molecule has 6 heteroatoms. The second-order valence-corrected chi connectivity index (χ2v) is 7.14. The normalized spacial score (nSPS) is 26.6. The lowest BCUT2D eigenvalue weighted by Gasteiger charge is -2.21. The average Bonchev–Trinajstić information content (AvgIpc) is 2.49. The molecule has 0 bridgehead atoms. The van der Waals surface area contributed by atoms with Gasteiger partial charge in [0.25, 0.3) is 0 Å². The number of carboxylic acid groups (broad SMARTS) is 1. The molecule has 1 heterocycles. The minimum Gasteiger partial charge on any atom is -0.481 e. The number of sulfone groups is 1. The lowest BCUT2D eigenvalue weighted by atomic mass is 9.82. The SMILES string of the molecule is O=C(O)C1CCS(=O)(=O)CCC1c1ccc(F)cc1. The van der Waals surface area contributed by atoms with Crippen LogP contribution in [0.25, 0.3) is 0 Å². The number of carboxylic acids is 1. The van der Waals surface area contributed by atoms with Crippen molar-refractivity contribution in [3.63, 3.8) is 0 Å². The van der Waals surface area contributed by atoms with E-state index in [2.05, 4.69) is 0 Å². The molecule has 4 nitrogen and oxygen atoms in total. The van der Waals surface area contributed by atoms with Crippen molar-refractivity contribution in [2.24, 2.45) is 5.92 Å². The third-order valence-electron chi connectivity index (χ3n) is 3.58. The van der Waals surface area contributed by atoms with E-state index in [4.69, 9.17) is 0 Å². The molecule has 19 heavy (non-hydrogen) atoms. The smallest absolute Gasteiger partial charge is 0.307 e. The average molecular weight is 286 g/mol. The first-order valence-electron chi connectivity index (χ1n) is 6.08. The summed E-state index contributed by atoms with van der Waals surface area (Å²) in [4.78, 5) is 11.3. The second kappa shape index (κ2) is 5.28. The van der Waals surface area contributed by atoms with Crippen LogP contribution in [0.5, 0.6) is 0 Å². The van der Waals surface area contributed by atoms with Crippen LogP contribution >= 0.6 is 0 Å². The van der Waals surface area contributed by atoms with Crippen molar-refractivity contribution in [1.29, 1.82) is 0 Å². The first kappa shape index (κ1) is 14.0. The Balaban J connectivity index is 2.33. The maximum Gasteiger partial charge on any atom is 0.307 e. The monoisotopic (exact) mass is 286 g/mol. The molecule has 2 atom stereocenters. The van der Waals surface area contributed by atoms with Gasteiger partial charge in [0.15, 0.2) is 0 Å². The van der Waals surface area contributed by atoms with Gasteiger partial charge < -0.3 is 5.11 Å². The van der Waals surface area contributed by atoms with E-state index in [1.165, 1.54) is 24.3 Å². The van der Waals surface area contributed by atoms with Crippen LogP contribution in [0.2, 0.25) is 0 Å². The fraction of sp³-hybridized carbons (Fsp3) is 0.462. The van der Waals surface area contributed by atoms with Crippen LogP contribution < -0.4 is 0 Å². The lowest BCUT2D eigenvalue weighted by Crippen LogP contribution is -2.22. The van der Waals surface area contributed by atoms with E-state index >= 15 is 0 Å². The van der Waals surface area contributed by atoms with Crippen LogP contribution in [0.15, 0.2) is 24.3 Å². The molecule has 0 spiro atoms. The molecular formula is C13H15FO4S. The molecule has 0 aromatic heterocycles. The molecule has 0 aliphatic carbocycles. The number of benzene rings is 1. The highest BCUT2D eigenvalue weighted by molar-refractivity contribution is 7.91. The van der Waals surface area contributed by atoms with Gasteiger partial charge in [-0.2, -0.15) is 0 Å². The lowest BCUT2D eigenvalue weighted by molar-refractivity contribution is -0.142. The Bertz CT molecular complexity index is 565. The van der Waals surface area contributed by atoms with Crippen LogP contribution in [0.4, 0.5) is 4.39 Å². The number of rotatable bonds is 2. The molecule has 2 unspecified atom stereocenters. The number of hydrogen-bond donors (Lipinski definition) is 1. The fourth-order valence-electron chi connectivity index (χ4n) is 2.52. The predicted molar refractivity (Wildman–Crippen MR) is 68.2 cm³/mol. The third-order valence-corrected chi connectivity index (χ3v) is 5.30. The molecule has 1 aliphatic heterocycles. The number of halogens is 1. The predicted octanol–water partition coefficient (Wildman–Crippen LogP) is 1.82. The Labute approximate surface area is 111 Å². The van der Waals surface area contributed by atoms with E-state index in [9.17, 15) is 22.7 Å². The number of aliphatic carboxylic acids is 1. The summed E-state index contributed by atoms with van der Waals surface area (Å²) < 4.78 is 36.1. The Hall–Kier alpha value is -1.43. The molecule has 0 saturated carbocycles. The summed E-state index contributed by atoms with van der Waals surface area (Å²) in [5, 5.41) is 9.25. The fourth-order valence-corrected chi connectivity index (χ4v) is 3.95. The quantitative estimate of drug-likeness (QED) is 0.900. The molecule has 1 aromatic carbocycles. The maximum atomic E-state index is 12.9. The molecule has 2 rings (SSSR count). The largest absolute Gasteiger partial charge is 0.481 e. The Morgan fingerprint density at radius 3 is 2.32 bits per heavy atom. The van der Waals surface area contributed by atoms with E-state index in [0.29, 0.717) is 5.56 Å². The zero-order chi connectivity index (χ0) is 14.0. The van der Waals surface area contributed by atoms with Crippen LogP contribution in [-0.2, 0) is 14.6 Å². The minimum atomic E-state index is -3.17. The van der Waals surface area contributed by atoms with E-state index in [0.717, 1.165) is 0 Å². The highest BCUT2D eigenvalue weighted by Crippen LogP contribution is 2.34. The van der Waals surface area contributed by atoms with Crippen molar-refractivity contribution in [3.05, 3.63) is 35.6 Å². The first-order chi connectivity index (χ1) is 8.89. The van der Waals surface area contributed by atoms with Gasteiger partial charge >= 0.3 is 5.97 Å². The van der Waals surface area contributed by atoms with Crippen molar-refractivity contribution in [1.82, 2.24) is 0 Å². The van der Waals surface area contributed by atoms with Gasteiger partial charge in [0.2, 0.25) is 0 Å². The summed E-state index contributed by atoms with van der Waals surface area (Å²) in [6, 6.07) is 5.61. The van der Waals surface area contributed by atoms with E-state index in [1.54, 1.807) is 0 Å². The molecule has 1 aliphatic rings.